The number of benzene rings is 2. The maximum atomic E-state index is 5.68. The summed E-state index contributed by atoms with van der Waals surface area (Å²) in [6, 6.07) is 19.7. The Bertz CT molecular complexity index is 1290. The number of nitrogens with zero attached hydrogens (tertiary/aromatic N) is 5. The van der Waals surface area contributed by atoms with Gasteiger partial charge in [0.1, 0.15) is 11.6 Å². The fraction of sp³-hybridized carbons (Fsp3) is 0.452. The Kier molecular flexibility index (Phi) is 7.81. The van der Waals surface area contributed by atoms with E-state index < -0.39 is 0 Å². The van der Waals surface area contributed by atoms with Crippen molar-refractivity contribution >= 4 is 40.6 Å². The highest BCUT2D eigenvalue weighted by Crippen LogP contribution is 2.29. The molecule has 39 heavy (non-hydrogen) atoms. The van der Waals surface area contributed by atoms with Crippen LogP contribution in [0.2, 0.25) is 0 Å². The lowest BCUT2D eigenvalue weighted by molar-refractivity contribution is 0.444. The van der Waals surface area contributed by atoms with Gasteiger partial charge in [-0.1, -0.05) is 43.3 Å². The maximum Gasteiger partial charge on any atom is 0.232 e. The first-order valence-electron chi connectivity index (χ1n) is 14.5. The Morgan fingerprint density at radius 1 is 0.872 bits per heavy atom. The van der Waals surface area contributed by atoms with Crippen LogP contribution in [0.4, 0.5) is 23.3 Å². The highest BCUT2D eigenvalue weighted by atomic mass is 32.1. The molecule has 2 saturated heterocycles. The molecule has 2 fully saturated rings. The molecule has 0 amide bonds. The van der Waals surface area contributed by atoms with E-state index in [-0.39, 0.29) is 0 Å². The summed E-state index contributed by atoms with van der Waals surface area (Å²) in [6.07, 6.45) is 6.06. The number of piperidine rings is 1. The summed E-state index contributed by atoms with van der Waals surface area (Å²) >= 11 is 5.68. The van der Waals surface area contributed by atoms with Crippen LogP contribution in [-0.4, -0.2) is 47.8 Å². The quantitative estimate of drug-likeness (QED) is 0.405. The number of rotatable bonds is 6. The summed E-state index contributed by atoms with van der Waals surface area (Å²) in [4.78, 5) is 17.1. The van der Waals surface area contributed by atoms with Gasteiger partial charge in [0.15, 0.2) is 5.11 Å². The van der Waals surface area contributed by atoms with Crippen LogP contribution < -0.4 is 25.3 Å². The van der Waals surface area contributed by atoms with Gasteiger partial charge in [0.2, 0.25) is 5.95 Å². The van der Waals surface area contributed by atoms with Crippen molar-refractivity contribution in [1.82, 2.24) is 15.3 Å². The van der Waals surface area contributed by atoms with Crippen molar-refractivity contribution < 1.29 is 0 Å². The van der Waals surface area contributed by atoms with E-state index in [0.29, 0.717) is 23.5 Å². The normalized spacial score (nSPS) is 19.1. The van der Waals surface area contributed by atoms with Crippen LogP contribution >= 0.6 is 12.2 Å². The molecule has 1 atom stereocenters. The summed E-state index contributed by atoms with van der Waals surface area (Å²) in [5, 5.41) is 7.19. The zero-order valence-electron chi connectivity index (χ0n) is 22.9. The van der Waals surface area contributed by atoms with Crippen molar-refractivity contribution in [3.05, 3.63) is 71.3 Å². The third kappa shape index (κ3) is 6.27. The van der Waals surface area contributed by atoms with Crippen LogP contribution in [0.1, 0.15) is 49.3 Å². The molecule has 0 aliphatic carbocycles. The third-order valence-corrected chi connectivity index (χ3v) is 8.47. The highest BCUT2D eigenvalue weighted by molar-refractivity contribution is 7.80. The number of fused-ring (bicyclic) bond motifs is 1. The number of hydrogen-bond donors (Lipinski definition) is 2. The highest BCUT2D eigenvalue weighted by Gasteiger charge is 2.23. The van der Waals surface area contributed by atoms with Crippen LogP contribution in [0.25, 0.3) is 0 Å². The molecule has 204 valence electrons. The molecule has 3 aromatic rings. The molecule has 0 radical (unpaired) electrons. The van der Waals surface area contributed by atoms with Gasteiger partial charge in [0, 0.05) is 57.6 Å². The maximum absolute atomic E-state index is 5.68. The number of aromatic nitrogens is 2. The van der Waals surface area contributed by atoms with E-state index in [4.69, 9.17) is 22.2 Å². The molecule has 3 aliphatic heterocycles. The lowest BCUT2D eigenvalue weighted by Gasteiger charge is -2.34. The predicted molar refractivity (Wildman–Crippen MR) is 165 cm³/mol. The summed E-state index contributed by atoms with van der Waals surface area (Å²) in [6.45, 7) is 9.16. The van der Waals surface area contributed by atoms with E-state index in [9.17, 15) is 0 Å². The Balaban J connectivity index is 1.16. The van der Waals surface area contributed by atoms with E-state index >= 15 is 0 Å². The molecule has 8 heteroatoms. The molecule has 4 heterocycles. The van der Waals surface area contributed by atoms with E-state index in [0.717, 1.165) is 57.3 Å². The number of anilines is 4. The first-order chi connectivity index (χ1) is 19.1. The van der Waals surface area contributed by atoms with Crippen molar-refractivity contribution in [2.24, 2.45) is 5.92 Å². The zero-order valence-corrected chi connectivity index (χ0v) is 23.7. The van der Waals surface area contributed by atoms with Crippen LogP contribution in [0.5, 0.6) is 0 Å². The smallest absolute Gasteiger partial charge is 0.232 e. The van der Waals surface area contributed by atoms with Crippen molar-refractivity contribution in [2.75, 3.05) is 52.7 Å². The first-order valence-corrected chi connectivity index (χ1v) is 14.9. The Labute approximate surface area is 237 Å². The summed E-state index contributed by atoms with van der Waals surface area (Å²) < 4.78 is 0. The minimum atomic E-state index is 0.540. The number of hydrogen-bond acceptors (Lipinski definition) is 6. The molecule has 1 unspecified atom stereocenters. The van der Waals surface area contributed by atoms with E-state index in [1.165, 1.54) is 48.1 Å². The van der Waals surface area contributed by atoms with Crippen LogP contribution in [0.15, 0.2) is 54.6 Å². The molecule has 1 aromatic heterocycles. The summed E-state index contributed by atoms with van der Waals surface area (Å²) in [5.74, 6) is 3.15. The van der Waals surface area contributed by atoms with Crippen molar-refractivity contribution in [3.8, 4) is 0 Å². The van der Waals surface area contributed by atoms with Gasteiger partial charge in [-0.25, -0.2) is 0 Å². The Hall–Kier alpha value is -3.39. The lowest BCUT2D eigenvalue weighted by atomic mass is 10.00. The van der Waals surface area contributed by atoms with Gasteiger partial charge < -0.3 is 25.3 Å². The molecule has 3 aliphatic rings. The van der Waals surface area contributed by atoms with Crippen LogP contribution in [0, 0.1) is 5.92 Å². The number of nitrogens with one attached hydrogen (secondary N) is 2. The van der Waals surface area contributed by atoms with Crippen LogP contribution in [0.3, 0.4) is 0 Å². The molecule has 2 N–H and O–H groups in total. The average molecular weight is 542 g/mol. The van der Waals surface area contributed by atoms with Crippen molar-refractivity contribution in [2.45, 2.75) is 52.1 Å². The fourth-order valence-corrected chi connectivity index (χ4v) is 6.18. The fourth-order valence-electron chi connectivity index (χ4n) is 6.02. The predicted octanol–water partition coefficient (Wildman–Crippen LogP) is 5.36. The SMILES string of the molecule is CC1CCCN(c2cc(N3CCc4ccccc4C3)nc(NC(=S)NCc3ccc(N4CCCC4)cc3)n2)C1. The second-order valence-corrected chi connectivity index (χ2v) is 11.6. The minimum Gasteiger partial charge on any atom is -0.372 e. The second kappa shape index (κ2) is 11.8. The zero-order chi connectivity index (χ0) is 26.6. The van der Waals surface area contributed by atoms with Gasteiger partial charge in [0.05, 0.1) is 0 Å². The topological polar surface area (TPSA) is 59.6 Å². The molecular formula is C31H39N7S. The second-order valence-electron chi connectivity index (χ2n) is 11.2. The average Bonchev–Trinajstić information content (AvgIpc) is 3.51. The molecule has 0 saturated carbocycles. The minimum absolute atomic E-state index is 0.540. The molecular weight excluding hydrogens is 502 g/mol. The van der Waals surface area contributed by atoms with Crippen molar-refractivity contribution in [1.29, 1.82) is 0 Å². The molecule has 0 bridgehead atoms. The van der Waals surface area contributed by atoms with E-state index in [1.807, 2.05) is 0 Å². The molecule has 0 spiro atoms. The number of thiocarbonyl (C=S) groups is 1. The molecule has 2 aromatic carbocycles. The van der Waals surface area contributed by atoms with E-state index in [1.54, 1.807) is 0 Å². The lowest BCUT2D eigenvalue weighted by Crippen LogP contribution is -2.36. The molecule has 7 nitrogen and oxygen atoms in total. The van der Waals surface area contributed by atoms with Gasteiger partial charge in [0.25, 0.3) is 0 Å². The van der Waals surface area contributed by atoms with Gasteiger partial charge in [-0.15, -0.1) is 0 Å². The monoisotopic (exact) mass is 541 g/mol. The first kappa shape index (κ1) is 25.9. The van der Waals surface area contributed by atoms with E-state index in [2.05, 4.69) is 86.9 Å². The third-order valence-electron chi connectivity index (χ3n) is 8.22. The van der Waals surface area contributed by atoms with Gasteiger partial charge in [-0.05, 0) is 79.1 Å². The Morgan fingerprint density at radius 2 is 1.59 bits per heavy atom. The summed E-state index contributed by atoms with van der Waals surface area (Å²) in [5.41, 5.74) is 5.32. The molecule has 6 rings (SSSR count). The summed E-state index contributed by atoms with van der Waals surface area (Å²) in [7, 11) is 0. The Morgan fingerprint density at radius 3 is 2.36 bits per heavy atom. The van der Waals surface area contributed by atoms with Gasteiger partial charge in [-0.2, -0.15) is 9.97 Å². The standard InChI is InChI=1S/C31H39N7S/c1-23-7-6-17-37(21-23)28-19-29(38-18-14-25-8-2-3-9-26(25)22-38)34-30(33-28)35-31(39)32-20-24-10-12-27(13-11-24)36-15-4-5-16-36/h2-3,8-13,19,23H,4-7,14-18,20-22H2,1H3,(H2,32,33,34,35,39). The van der Waals surface area contributed by atoms with Gasteiger partial charge >= 0.3 is 0 Å². The van der Waals surface area contributed by atoms with Crippen molar-refractivity contribution in [3.63, 3.8) is 0 Å². The van der Waals surface area contributed by atoms with Gasteiger partial charge in [-0.3, -0.25) is 0 Å². The van der Waals surface area contributed by atoms with Crippen LogP contribution in [-0.2, 0) is 19.5 Å². The largest absolute Gasteiger partial charge is 0.372 e.